The highest BCUT2D eigenvalue weighted by Gasteiger charge is 2.32. The van der Waals surface area contributed by atoms with Crippen molar-refractivity contribution in [3.63, 3.8) is 0 Å². The van der Waals surface area contributed by atoms with Gasteiger partial charge in [0, 0.05) is 52.5 Å². The highest BCUT2D eigenvalue weighted by molar-refractivity contribution is 5.80. The number of methoxy groups -OCH3 is 1. The second kappa shape index (κ2) is 8.84. The summed E-state index contributed by atoms with van der Waals surface area (Å²) >= 11 is 0. The van der Waals surface area contributed by atoms with E-state index in [2.05, 4.69) is 30.5 Å². The summed E-state index contributed by atoms with van der Waals surface area (Å²) in [5, 5.41) is 5.96. The summed E-state index contributed by atoms with van der Waals surface area (Å²) in [6.07, 6.45) is -2.34. The van der Waals surface area contributed by atoms with Crippen molar-refractivity contribution in [3.8, 4) is 0 Å². The van der Waals surface area contributed by atoms with Crippen LogP contribution in [0.25, 0.3) is 0 Å². The smallest absolute Gasteiger partial charge is 0.384 e. The number of aromatic nitrogens is 2. The normalized spacial score (nSPS) is 18.5. The van der Waals surface area contributed by atoms with Crippen molar-refractivity contribution >= 4 is 11.9 Å². The van der Waals surface area contributed by atoms with E-state index in [4.69, 9.17) is 4.74 Å². The van der Waals surface area contributed by atoms with Gasteiger partial charge in [-0.2, -0.15) is 13.2 Å². The van der Waals surface area contributed by atoms with Gasteiger partial charge in [-0.15, -0.1) is 0 Å². The van der Waals surface area contributed by atoms with E-state index in [1.807, 2.05) is 0 Å². The van der Waals surface area contributed by atoms with Gasteiger partial charge in [0.15, 0.2) is 5.96 Å². The molecule has 0 amide bonds. The van der Waals surface area contributed by atoms with E-state index in [0.29, 0.717) is 19.0 Å². The van der Waals surface area contributed by atoms with Gasteiger partial charge >= 0.3 is 6.18 Å². The van der Waals surface area contributed by atoms with Gasteiger partial charge in [-0.1, -0.05) is 0 Å². The van der Waals surface area contributed by atoms with Crippen molar-refractivity contribution in [3.05, 3.63) is 18.0 Å². The van der Waals surface area contributed by atoms with Gasteiger partial charge in [0.25, 0.3) is 0 Å². The molecule has 1 unspecified atom stereocenters. The van der Waals surface area contributed by atoms with Gasteiger partial charge in [0.1, 0.15) is 5.69 Å². The average Bonchev–Trinajstić information content (AvgIpc) is 3.03. The van der Waals surface area contributed by atoms with Crippen LogP contribution in [0.1, 0.15) is 12.1 Å². The number of hydrogen-bond donors (Lipinski definition) is 2. The van der Waals surface area contributed by atoms with Gasteiger partial charge in [0.05, 0.1) is 6.61 Å². The Hall–Kier alpha value is -2.10. The van der Waals surface area contributed by atoms with Crippen LogP contribution < -0.4 is 10.6 Å². The maximum Gasteiger partial charge on any atom is 0.433 e. The minimum atomic E-state index is -4.48. The Bertz CT molecular complexity index is 581. The van der Waals surface area contributed by atoms with Crippen LogP contribution in [0.5, 0.6) is 0 Å². The molecule has 1 aromatic heterocycles. The minimum absolute atomic E-state index is 0.0482. The number of ether oxygens (including phenoxy) is 1. The van der Waals surface area contributed by atoms with Crippen molar-refractivity contribution in [2.45, 2.75) is 12.6 Å². The Morgan fingerprint density at radius 1 is 1.44 bits per heavy atom. The third-order valence-corrected chi connectivity index (χ3v) is 3.84. The SMILES string of the molecule is CN=C(NCCNc1nccc(C(F)(F)F)n1)N1CCC(COC)C1. The molecule has 0 aromatic carbocycles. The molecule has 1 saturated heterocycles. The van der Waals surface area contributed by atoms with Crippen LogP contribution in [-0.2, 0) is 10.9 Å². The number of likely N-dealkylation sites (tertiary alicyclic amines) is 1. The van der Waals surface area contributed by atoms with E-state index >= 15 is 0 Å². The summed E-state index contributed by atoms with van der Waals surface area (Å²) < 4.78 is 43.0. The van der Waals surface area contributed by atoms with E-state index in [1.165, 1.54) is 0 Å². The summed E-state index contributed by atoms with van der Waals surface area (Å²) in [5.41, 5.74) is -0.963. The van der Waals surface area contributed by atoms with Gasteiger partial charge in [-0.3, -0.25) is 4.99 Å². The Balaban J connectivity index is 1.77. The number of aliphatic imine (C=N–C) groups is 1. The van der Waals surface area contributed by atoms with Gasteiger partial charge in [0.2, 0.25) is 5.95 Å². The first-order chi connectivity index (χ1) is 11.9. The molecule has 0 saturated carbocycles. The standard InChI is InChI=1S/C15H23F3N6O/c1-19-14(24-8-4-11(9-24)10-25-2)22-7-6-21-13-20-5-3-12(23-13)15(16,17)18/h3,5,11H,4,6-10H2,1-2H3,(H,19,22)(H,20,21,23). The van der Waals surface area contributed by atoms with Crippen molar-refractivity contribution in [2.24, 2.45) is 10.9 Å². The fourth-order valence-electron chi connectivity index (χ4n) is 2.68. The molecule has 1 atom stereocenters. The van der Waals surface area contributed by atoms with E-state index in [9.17, 15) is 13.2 Å². The highest BCUT2D eigenvalue weighted by Crippen LogP contribution is 2.27. The molecule has 0 bridgehead atoms. The molecule has 1 aliphatic heterocycles. The monoisotopic (exact) mass is 360 g/mol. The van der Waals surface area contributed by atoms with Crippen LogP contribution >= 0.6 is 0 Å². The molecule has 1 aliphatic rings. The number of guanidine groups is 1. The minimum Gasteiger partial charge on any atom is -0.384 e. The Morgan fingerprint density at radius 3 is 2.92 bits per heavy atom. The third-order valence-electron chi connectivity index (χ3n) is 3.84. The topological polar surface area (TPSA) is 74.7 Å². The molecule has 0 aliphatic carbocycles. The van der Waals surface area contributed by atoms with Crippen LogP contribution in [0.15, 0.2) is 17.3 Å². The van der Waals surface area contributed by atoms with Crippen LogP contribution in [0.2, 0.25) is 0 Å². The first-order valence-electron chi connectivity index (χ1n) is 8.02. The molecule has 2 N–H and O–H groups in total. The van der Waals surface area contributed by atoms with E-state index in [1.54, 1.807) is 14.2 Å². The zero-order valence-electron chi connectivity index (χ0n) is 14.3. The first-order valence-corrected chi connectivity index (χ1v) is 8.02. The van der Waals surface area contributed by atoms with Crippen LogP contribution in [-0.4, -0.2) is 67.8 Å². The van der Waals surface area contributed by atoms with E-state index in [-0.39, 0.29) is 5.95 Å². The summed E-state index contributed by atoms with van der Waals surface area (Å²) in [4.78, 5) is 13.6. The zero-order chi connectivity index (χ0) is 18.3. The molecule has 0 spiro atoms. The Morgan fingerprint density at radius 2 is 2.24 bits per heavy atom. The average molecular weight is 360 g/mol. The maximum absolute atomic E-state index is 12.6. The van der Waals surface area contributed by atoms with Crippen LogP contribution in [0, 0.1) is 5.92 Å². The number of rotatable bonds is 6. The molecule has 1 aromatic rings. The fourth-order valence-corrected chi connectivity index (χ4v) is 2.68. The molecule has 7 nitrogen and oxygen atoms in total. The second-order valence-corrected chi connectivity index (χ2v) is 5.72. The summed E-state index contributed by atoms with van der Waals surface area (Å²) in [5.74, 6) is 1.21. The number of hydrogen-bond acceptors (Lipinski definition) is 5. The summed E-state index contributed by atoms with van der Waals surface area (Å²) in [6, 6.07) is 0.842. The lowest BCUT2D eigenvalue weighted by molar-refractivity contribution is -0.141. The largest absolute Gasteiger partial charge is 0.433 e. The van der Waals surface area contributed by atoms with Crippen molar-refractivity contribution in [2.75, 3.05) is 52.3 Å². The number of anilines is 1. The molecule has 1 fully saturated rings. The van der Waals surface area contributed by atoms with Crippen molar-refractivity contribution < 1.29 is 17.9 Å². The molecule has 2 rings (SSSR count). The zero-order valence-corrected chi connectivity index (χ0v) is 14.3. The van der Waals surface area contributed by atoms with Crippen molar-refractivity contribution in [1.82, 2.24) is 20.2 Å². The lowest BCUT2D eigenvalue weighted by Crippen LogP contribution is -2.42. The van der Waals surface area contributed by atoms with E-state index in [0.717, 1.165) is 44.3 Å². The molecular weight excluding hydrogens is 337 g/mol. The fraction of sp³-hybridized carbons (Fsp3) is 0.667. The quantitative estimate of drug-likeness (QED) is 0.454. The lowest BCUT2D eigenvalue weighted by atomic mass is 10.1. The number of halogens is 3. The first kappa shape index (κ1) is 19.2. The number of nitrogens with one attached hydrogen (secondary N) is 2. The van der Waals surface area contributed by atoms with Crippen molar-refractivity contribution in [1.29, 1.82) is 0 Å². The van der Waals surface area contributed by atoms with Crippen LogP contribution in [0.4, 0.5) is 19.1 Å². The van der Waals surface area contributed by atoms with Gasteiger partial charge in [-0.25, -0.2) is 9.97 Å². The third kappa shape index (κ3) is 5.73. The summed E-state index contributed by atoms with van der Waals surface area (Å²) in [7, 11) is 3.40. The van der Waals surface area contributed by atoms with Gasteiger partial charge < -0.3 is 20.3 Å². The molecule has 0 radical (unpaired) electrons. The lowest BCUT2D eigenvalue weighted by Gasteiger charge is -2.21. The second-order valence-electron chi connectivity index (χ2n) is 5.72. The van der Waals surface area contributed by atoms with Gasteiger partial charge in [-0.05, 0) is 12.5 Å². The predicted octanol–water partition coefficient (Wildman–Crippen LogP) is 1.45. The molecule has 2 heterocycles. The van der Waals surface area contributed by atoms with Crippen LogP contribution in [0.3, 0.4) is 0 Å². The highest BCUT2D eigenvalue weighted by atomic mass is 19.4. The molecule has 140 valence electrons. The maximum atomic E-state index is 12.6. The predicted molar refractivity (Wildman–Crippen MR) is 88.4 cm³/mol. The molecule has 10 heteroatoms. The molecule has 25 heavy (non-hydrogen) atoms. The summed E-state index contributed by atoms with van der Waals surface area (Å²) in [6.45, 7) is 3.35. The number of alkyl halides is 3. The number of nitrogens with zero attached hydrogens (tertiary/aromatic N) is 4. The van der Waals surface area contributed by atoms with E-state index < -0.39 is 11.9 Å². The molecular formula is C15H23F3N6O. The Labute approximate surface area is 144 Å². The Kier molecular flexibility index (Phi) is 6.80.